The molecule has 7 nitrogen and oxygen atoms in total. The number of fused-ring (bicyclic) bond motifs is 1. The number of hydrogen-bond donors (Lipinski definition) is 1. The van der Waals surface area contributed by atoms with Crippen LogP contribution in [0.1, 0.15) is 22.7 Å². The molecule has 0 aliphatic carbocycles. The Kier molecular flexibility index (Phi) is 6.75. The topological polar surface area (TPSA) is 85.3 Å². The van der Waals surface area contributed by atoms with E-state index in [4.69, 9.17) is 14.2 Å². The third-order valence-corrected chi connectivity index (χ3v) is 6.82. The number of methoxy groups -OCH3 is 3. The van der Waals surface area contributed by atoms with Crippen molar-refractivity contribution in [2.24, 2.45) is 0 Å². The molecule has 1 atom stereocenters. The van der Waals surface area contributed by atoms with Gasteiger partial charge in [-0.2, -0.15) is 0 Å². The van der Waals surface area contributed by atoms with Gasteiger partial charge in [-0.3, -0.25) is 9.59 Å². The Morgan fingerprint density at radius 3 is 2.24 bits per heavy atom. The molecular weight excluding hydrogens is 482 g/mol. The summed E-state index contributed by atoms with van der Waals surface area (Å²) in [7, 11) is 4.65. The van der Waals surface area contributed by atoms with Crippen molar-refractivity contribution < 1.29 is 28.9 Å². The Labute approximate surface area is 220 Å². The zero-order valence-electron chi connectivity index (χ0n) is 21.3. The average Bonchev–Trinajstić information content (AvgIpc) is 3.21. The van der Waals surface area contributed by atoms with Crippen LogP contribution >= 0.6 is 0 Å². The van der Waals surface area contributed by atoms with Crippen LogP contribution in [0, 0.1) is 0 Å². The fourth-order valence-corrected chi connectivity index (χ4v) is 4.93. The molecule has 7 heteroatoms. The lowest BCUT2D eigenvalue weighted by Crippen LogP contribution is -2.29. The highest BCUT2D eigenvalue weighted by molar-refractivity contribution is 6.46. The minimum Gasteiger partial charge on any atom is -0.507 e. The molecule has 1 amide bonds. The zero-order chi connectivity index (χ0) is 26.8. The number of Topliss-reactive ketones (excluding diaryl/α,β-unsaturated/α-hetero) is 1. The van der Waals surface area contributed by atoms with Crippen LogP contribution in [0.4, 0.5) is 0 Å². The summed E-state index contributed by atoms with van der Waals surface area (Å²) in [6, 6.07) is 24.8. The number of amides is 1. The molecule has 1 fully saturated rings. The molecule has 38 heavy (non-hydrogen) atoms. The summed E-state index contributed by atoms with van der Waals surface area (Å²) >= 11 is 0. The first-order valence-corrected chi connectivity index (χ1v) is 12.1. The van der Waals surface area contributed by atoms with Crippen molar-refractivity contribution in [3.05, 3.63) is 107 Å². The van der Waals surface area contributed by atoms with Crippen LogP contribution in [0.5, 0.6) is 17.2 Å². The van der Waals surface area contributed by atoms with Gasteiger partial charge in [0.2, 0.25) is 0 Å². The maximum atomic E-state index is 13.5. The molecule has 0 aromatic heterocycles. The SMILES string of the molecule is COc1ccc(C2/C(=C(/O)c3cccc4ccccc34)C(=O)C(=O)N2Cc2ccc(OC)c(OC)c2)cc1. The van der Waals surface area contributed by atoms with E-state index >= 15 is 0 Å². The van der Waals surface area contributed by atoms with Crippen LogP contribution in [-0.4, -0.2) is 43.0 Å². The third-order valence-electron chi connectivity index (χ3n) is 6.82. The highest BCUT2D eigenvalue weighted by Crippen LogP contribution is 2.42. The third kappa shape index (κ3) is 4.32. The summed E-state index contributed by atoms with van der Waals surface area (Å²) in [6.07, 6.45) is 0. The number of ether oxygens (including phenoxy) is 3. The number of benzene rings is 4. The van der Waals surface area contributed by atoms with E-state index in [0.29, 0.717) is 28.4 Å². The van der Waals surface area contributed by atoms with E-state index < -0.39 is 17.7 Å². The van der Waals surface area contributed by atoms with Crippen molar-refractivity contribution in [2.45, 2.75) is 12.6 Å². The maximum Gasteiger partial charge on any atom is 0.295 e. The number of carbonyl (C=O) groups excluding carboxylic acids is 2. The van der Waals surface area contributed by atoms with Crippen molar-refractivity contribution in [2.75, 3.05) is 21.3 Å². The van der Waals surface area contributed by atoms with Gasteiger partial charge in [0.05, 0.1) is 32.9 Å². The van der Waals surface area contributed by atoms with E-state index in [1.54, 1.807) is 56.7 Å². The first kappa shape index (κ1) is 24.9. The average molecular weight is 510 g/mol. The summed E-state index contributed by atoms with van der Waals surface area (Å²) in [5, 5.41) is 13.3. The lowest BCUT2D eigenvalue weighted by atomic mass is 9.93. The number of ketones is 1. The molecule has 0 spiro atoms. The summed E-state index contributed by atoms with van der Waals surface area (Å²) < 4.78 is 16.1. The number of aliphatic hydroxyl groups excluding tert-OH is 1. The van der Waals surface area contributed by atoms with Gasteiger partial charge in [-0.15, -0.1) is 0 Å². The van der Waals surface area contributed by atoms with Gasteiger partial charge < -0.3 is 24.2 Å². The summed E-state index contributed by atoms with van der Waals surface area (Å²) in [4.78, 5) is 28.4. The van der Waals surface area contributed by atoms with E-state index in [2.05, 4.69) is 0 Å². The van der Waals surface area contributed by atoms with Crippen molar-refractivity contribution >= 4 is 28.2 Å². The molecule has 0 saturated carbocycles. The van der Waals surface area contributed by atoms with Crippen molar-refractivity contribution in [1.82, 2.24) is 4.90 Å². The lowest BCUT2D eigenvalue weighted by molar-refractivity contribution is -0.140. The second-order valence-electron chi connectivity index (χ2n) is 8.92. The minimum atomic E-state index is -0.812. The highest BCUT2D eigenvalue weighted by Gasteiger charge is 2.46. The number of aliphatic hydroxyl groups is 1. The van der Waals surface area contributed by atoms with Gasteiger partial charge in [0.15, 0.2) is 11.5 Å². The second-order valence-corrected chi connectivity index (χ2v) is 8.92. The predicted molar refractivity (Wildman–Crippen MR) is 144 cm³/mol. The first-order chi connectivity index (χ1) is 18.5. The fourth-order valence-electron chi connectivity index (χ4n) is 4.93. The summed E-state index contributed by atoms with van der Waals surface area (Å²) in [5.74, 6) is 0.0637. The Morgan fingerprint density at radius 1 is 0.816 bits per heavy atom. The van der Waals surface area contributed by atoms with Gasteiger partial charge in [0.25, 0.3) is 11.7 Å². The first-order valence-electron chi connectivity index (χ1n) is 12.1. The Hall–Kier alpha value is -4.78. The van der Waals surface area contributed by atoms with Crippen LogP contribution in [0.2, 0.25) is 0 Å². The second kappa shape index (κ2) is 10.3. The normalized spacial score (nSPS) is 16.6. The number of rotatable bonds is 7. The number of hydrogen-bond acceptors (Lipinski definition) is 6. The fraction of sp³-hybridized carbons (Fsp3) is 0.161. The minimum absolute atomic E-state index is 0.0389. The molecular formula is C31H27NO6. The predicted octanol–water partition coefficient (Wildman–Crippen LogP) is 5.49. The van der Waals surface area contributed by atoms with Crippen molar-refractivity contribution in [3.8, 4) is 17.2 Å². The van der Waals surface area contributed by atoms with Gasteiger partial charge in [0.1, 0.15) is 11.5 Å². The van der Waals surface area contributed by atoms with Crippen molar-refractivity contribution in [1.29, 1.82) is 0 Å². The van der Waals surface area contributed by atoms with E-state index in [1.165, 1.54) is 12.0 Å². The quantitative estimate of drug-likeness (QED) is 0.202. The van der Waals surface area contributed by atoms with Crippen molar-refractivity contribution in [3.63, 3.8) is 0 Å². The van der Waals surface area contributed by atoms with Gasteiger partial charge >= 0.3 is 0 Å². The van der Waals surface area contributed by atoms with Crippen LogP contribution in [0.3, 0.4) is 0 Å². The molecule has 1 aliphatic rings. The van der Waals surface area contributed by atoms with Gasteiger partial charge in [0, 0.05) is 12.1 Å². The van der Waals surface area contributed by atoms with Gasteiger partial charge in [-0.25, -0.2) is 0 Å². The standard InChI is InChI=1S/C31H27NO6/c1-36-22-14-12-21(13-15-22)28-27(29(33)24-10-6-8-20-7-4-5-9-23(20)24)30(34)31(35)32(28)18-19-11-16-25(37-2)26(17-19)38-3/h4-17,28,33H,18H2,1-3H3/b29-27-. The van der Waals surface area contributed by atoms with Crippen LogP contribution in [0.25, 0.3) is 16.5 Å². The highest BCUT2D eigenvalue weighted by atomic mass is 16.5. The van der Waals surface area contributed by atoms with Gasteiger partial charge in [-0.05, 0) is 46.2 Å². The molecule has 1 unspecified atom stereocenters. The summed E-state index contributed by atoms with van der Waals surface area (Å²) in [5.41, 5.74) is 1.95. The van der Waals surface area contributed by atoms with E-state index in [-0.39, 0.29) is 17.9 Å². The Balaban J connectivity index is 1.67. The van der Waals surface area contributed by atoms with Crippen LogP contribution < -0.4 is 14.2 Å². The Morgan fingerprint density at radius 2 is 1.53 bits per heavy atom. The summed E-state index contributed by atoms with van der Waals surface area (Å²) in [6.45, 7) is 0.119. The molecule has 1 N–H and O–H groups in total. The van der Waals surface area contributed by atoms with Gasteiger partial charge in [-0.1, -0.05) is 60.7 Å². The molecule has 1 heterocycles. The molecule has 5 rings (SSSR count). The monoisotopic (exact) mass is 509 g/mol. The number of likely N-dealkylation sites (tertiary alicyclic amines) is 1. The molecule has 4 aromatic carbocycles. The molecule has 4 aromatic rings. The Bertz CT molecular complexity index is 1550. The van der Waals surface area contributed by atoms with Crippen LogP contribution in [0.15, 0.2) is 90.5 Å². The lowest BCUT2D eigenvalue weighted by Gasteiger charge is -2.26. The van der Waals surface area contributed by atoms with Crippen LogP contribution in [-0.2, 0) is 16.1 Å². The molecule has 1 aliphatic heterocycles. The molecule has 1 saturated heterocycles. The zero-order valence-corrected chi connectivity index (χ0v) is 21.3. The van der Waals surface area contributed by atoms with E-state index in [1.807, 2.05) is 42.5 Å². The number of carbonyl (C=O) groups is 2. The van der Waals surface area contributed by atoms with E-state index in [9.17, 15) is 14.7 Å². The smallest absolute Gasteiger partial charge is 0.295 e. The maximum absolute atomic E-state index is 13.5. The number of nitrogens with zero attached hydrogens (tertiary/aromatic N) is 1. The van der Waals surface area contributed by atoms with E-state index in [0.717, 1.165) is 16.3 Å². The molecule has 0 bridgehead atoms. The molecule has 0 radical (unpaired) electrons. The molecule has 192 valence electrons. The largest absolute Gasteiger partial charge is 0.507 e.